The van der Waals surface area contributed by atoms with E-state index in [1.54, 1.807) is 0 Å². The van der Waals surface area contributed by atoms with Crippen molar-refractivity contribution in [3.63, 3.8) is 0 Å². The Morgan fingerprint density at radius 2 is 2.06 bits per heavy atom. The van der Waals surface area contributed by atoms with Crippen molar-refractivity contribution < 1.29 is 0 Å². The molecule has 0 fully saturated rings. The highest BCUT2D eigenvalue weighted by Crippen LogP contribution is 2.31. The van der Waals surface area contributed by atoms with Gasteiger partial charge in [0, 0.05) is 6.42 Å². The number of aromatic amines is 2. The van der Waals surface area contributed by atoms with Gasteiger partial charge < -0.3 is 5.73 Å². The van der Waals surface area contributed by atoms with Gasteiger partial charge in [-0.1, -0.05) is 20.8 Å². The molecule has 0 aliphatic heterocycles. The maximum absolute atomic E-state index is 10.9. The molecule has 4 N–H and O–H groups in total. The van der Waals surface area contributed by atoms with E-state index in [1.807, 2.05) is 0 Å². The van der Waals surface area contributed by atoms with Crippen molar-refractivity contribution >= 4 is 0 Å². The summed E-state index contributed by atoms with van der Waals surface area (Å²) in [6.07, 6.45) is 2.81. The van der Waals surface area contributed by atoms with Crippen LogP contribution in [0.3, 0.4) is 0 Å². The molecule has 0 saturated carbocycles. The van der Waals surface area contributed by atoms with E-state index >= 15 is 0 Å². The lowest BCUT2D eigenvalue weighted by molar-refractivity contribution is 0.214. The van der Waals surface area contributed by atoms with Gasteiger partial charge in [-0.2, -0.15) is 5.10 Å². The first-order valence-electron chi connectivity index (χ1n) is 5.77. The highest BCUT2D eigenvalue weighted by atomic mass is 16.1. The molecule has 1 aromatic rings. The monoisotopic (exact) mass is 226 g/mol. The van der Waals surface area contributed by atoms with E-state index in [0.717, 1.165) is 25.1 Å². The number of rotatable bonds is 5. The molecule has 0 spiro atoms. The minimum Gasteiger partial charge on any atom is -0.330 e. The van der Waals surface area contributed by atoms with E-state index in [-0.39, 0.29) is 11.1 Å². The molecule has 1 heterocycles. The first kappa shape index (κ1) is 13.0. The lowest BCUT2D eigenvalue weighted by atomic mass is 9.76. The number of aromatic nitrogens is 3. The van der Waals surface area contributed by atoms with Crippen LogP contribution in [-0.2, 0) is 6.42 Å². The predicted molar refractivity (Wildman–Crippen MR) is 64.1 cm³/mol. The van der Waals surface area contributed by atoms with Gasteiger partial charge in [0.15, 0.2) is 0 Å². The van der Waals surface area contributed by atoms with Crippen molar-refractivity contribution in [1.82, 2.24) is 15.2 Å². The topological polar surface area (TPSA) is 87.6 Å². The summed E-state index contributed by atoms with van der Waals surface area (Å²) in [5.41, 5.74) is 5.63. The van der Waals surface area contributed by atoms with Crippen molar-refractivity contribution in [3.05, 3.63) is 16.3 Å². The van der Waals surface area contributed by atoms with E-state index in [0.29, 0.717) is 12.5 Å². The molecule has 1 aromatic heterocycles. The molecule has 0 aromatic carbocycles. The van der Waals surface area contributed by atoms with E-state index < -0.39 is 0 Å². The molecule has 0 radical (unpaired) electrons. The second-order valence-electron chi connectivity index (χ2n) is 5.30. The number of aryl methyl sites for hydroxylation is 1. The number of nitrogens with zero attached hydrogens (tertiary/aromatic N) is 1. The van der Waals surface area contributed by atoms with Gasteiger partial charge in [0.25, 0.3) is 0 Å². The van der Waals surface area contributed by atoms with Crippen LogP contribution >= 0.6 is 0 Å². The second-order valence-corrected chi connectivity index (χ2v) is 5.30. The lowest BCUT2D eigenvalue weighted by Gasteiger charge is -2.30. The fourth-order valence-corrected chi connectivity index (χ4v) is 1.95. The van der Waals surface area contributed by atoms with E-state index in [2.05, 4.69) is 36.0 Å². The molecular formula is C11H22N4O. The molecule has 5 nitrogen and oxygen atoms in total. The Bertz CT molecular complexity index is 361. The Morgan fingerprint density at radius 3 is 2.50 bits per heavy atom. The van der Waals surface area contributed by atoms with Gasteiger partial charge in [-0.15, -0.1) is 0 Å². The Kier molecular flexibility index (Phi) is 4.29. The van der Waals surface area contributed by atoms with Gasteiger partial charge in [-0.3, -0.25) is 4.98 Å². The number of hydrogen-bond donors (Lipinski definition) is 3. The molecule has 1 atom stereocenters. The Labute approximate surface area is 95.8 Å². The van der Waals surface area contributed by atoms with Crippen LogP contribution in [0, 0.1) is 11.3 Å². The Balaban J connectivity index is 2.53. The molecule has 92 valence electrons. The number of nitrogens with one attached hydrogen (secondary N) is 2. The average Bonchev–Trinajstić information content (AvgIpc) is 2.57. The van der Waals surface area contributed by atoms with E-state index in [1.165, 1.54) is 0 Å². The normalized spacial score (nSPS) is 14.0. The molecule has 1 unspecified atom stereocenters. The van der Waals surface area contributed by atoms with Gasteiger partial charge in [0.1, 0.15) is 5.82 Å². The van der Waals surface area contributed by atoms with Crippen molar-refractivity contribution in [2.75, 3.05) is 6.54 Å². The van der Waals surface area contributed by atoms with Crippen LogP contribution in [-0.4, -0.2) is 21.7 Å². The minimum absolute atomic E-state index is 0.235. The van der Waals surface area contributed by atoms with Crippen LogP contribution in [0.2, 0.25) is 0 Å². The quantitative estimate of drug-likeness (QED) is 0.701. The fraction of sp³-hybridized carbons (Fsp3) is 0.818. The second kappa shape index (κ2) is 5.30. The van der Waals surface area contributed by atoms with Gasteiger partial charge in [0.05, 0.1) is 0 Å². The average molecular weight is 226 g/mol. The van der Waals surface area contributed by atoms with Crippen LogP contribution in [0.5, 0.6) is 0 Å². The standard InChI is InChI=1S/C11H22N4O/c1-11(2,3)8(6-7-12)4-5-9-13-10(16)15-14-9/h8H,4-7,12H2,1-3H3,(H2,13,14,15,16). The highest BCUT2D eigenvalue weighted by Gasteiger charge is 2.23. The third kappa shape index (κ3) is 3.81. The minimum atomic E-state index is -0.235. The number of nitrogens with two attached hydrogens (primary N) is 1. The zero-order chi connectivity index (χ0) is 12.2. The largest absolute Gasteiger partial charge is 0.340 e. The molecule has 0 aliphatic rings. The molecular weight excluding hydrogens is 204 g/mol. The highest BCUT2D eigenvalue weighted by molar-refractivity contribution is 4.84. The maximum atomic E-state index is 10.9. The predicted octanol–water partition coefficient (Wildman–Crippen LogP) is 1.04. The molecule has 0 bridgehead atoms. The van der Waals surface area contributed by atoms with Gasteiger partial charge in [0.2, 0.25) is 0 Å². The van der Waals surface area contributed by atoms with Crippen molar-refractivity contribution in [3.8, 4) is 0 Å². The Hall–Kier alpha value is -1.10. The SMILES string of the molecule is CC(C)(C)C(CCN)CCc1n[nH]c(=O)[nH]1. The van der Waals surface area contributed by atoms with Gasteiger partial charge >= 0.3 is 5.69 Å². The first-order chi connectivity index (χ1) is 7.43. The van der Waals surface area contributed by atoms with Crippen molar-refractivity contribution in [1.29, 1.82) is 0 Å². The zero-order valence-corrected chi connectivity index (χ0v) is 10.3. The molecule has 0 amide bonds. The van der Waals surface area contributed by atoms with Gasteiger partial charge in [-0.05, 0) is 30.7 Å². The fourth-order valence-electron chi connectivity index (χ4n) is 1.95. The number of hydrogen-bond acceptors (Lipinski definition) is 3. The van der Waals surface area contributed by atoms with Gasteiger partial charge in [-0.25, -0.2) is 9.89 Å². The third-order valence-electron chi connectivity index (χ3n) is 3.02. The molecule has 1 rings (SSSR count). The van der Waals surface area contributed by atoms with Crippen LogP contribution in [0.15, 0.2) is 4.79 Å². The summed E-state index contributed by atoms with van der Waals surface area (Å²) < 4.78 is 0. The van der Waals surface area contributed by atoms with Crippen LogP contribution in [0.1, 0.15) is 39.4 Å². The summed E-state index contributed by atoms with van der Waals surface area (Å²) in [6, 6.07) is 0. The summed E-state index contributed by atoms with van der Waals surface area (Å²) >= 11 is 0. The summed E-state index contributed by atoms with van der Waals surface area (Å²) in [4.78, 5) is 13.5. The molecule has 0 saturated heterocycles. The van der Waals surface area contributed by atoms with Crippen LogP contribution in [0.25, 0.3) is 0 Å². The smallest absolute Gasteiger partial charge is 0.330 e. The lowest BCUT2D eigenvalue weighted by Crippen LogP contribution is -2.24. The molecule has 5 heteroatoms. The summed E-state index contributed by atoms with van der Waals surface area (Å²) in [5.74, 6) is 1.29. The van der Waals surface area contributed by atoms with E-state index in [4.69, 9.17) is 5.73 Å². The number of H-pyrrole nitrogens is 2. The van der Waals surface area contributed by atoms with Crippen LogP contribution < -0.4 is 11.4 Å². The Morgan fingerprint density at radius 1 is 1.38 bits per heavy atom. The summed E-state index contributed by atoms with van der Waals surface area (Å²) in [6.45, 7) is 7.38. The van der Waals surface area contributed by atoms with Crippen LogP contribution in [0.4, 0.5) is 0 Å². The summed E-state index contributed by atoms with van der Waals surface area (Å²) in [5, 5.41) is 6.28. The summed E-state index contributed by atoms with van der Waals surface area (Å²) in [7, 11) is 0. The first-order valence-corrected chi connectivity index (χ1v) is 5.77. The molecule has 16 heavy (non-hydrogen) atoms. The zero-order valence-electron chi connectivity index (χ0n) is 10.3. The van der Waals surface area contributed by atoms with Crippen molar-refractivity contribution in [2.24, 2.45) is 17.1 Å². The van der Waals surface area contributed by atoms with Crippen molar-refractivity contribution in [2.45, 2.75) is 40.0 Å². The molecule has 0 aliphatic carbocycles. The maximum Gasteiger partial charge on any atom is 0.340 e. The van der Waals surface area contributed by atoms with E-state index in [9.17, 15) is 4.79 Å². The third-order valence-corrected chi connectivity index (χ3v) is 3.02.